The van der Waals surface area contributed by atoms with Crippen LogP contribution in [0.4, 0.5) is 5.69 Å². The van der Waals surface area contributed by atoms with Crippen LogP contribution in [-0.2, 0) is 0 Å². The van der Waals surface area contributed by atoms with E-state index in [4.69, 9.17) is 17.3 Å². The van der Waals surface area contributed by atoms with E-state index in [9.17, 15) is 0 Å². The van der Waals surface area contributed by atoms with Crippen LogP contribution in [-0.4, -0.2) is 19.1 Å². The van der Waals surface area contributed by atoms with Gasteiger partial charge in [-0.15, -0.1) is 0 Å². The van der Waals surface area contributed by atoms with E-state index in [1.54, 1.807) is 0 Å². The highest BCUT2D eigenvalue weighted by atomic mass is 35.5. The SMILES string of the molecule is CC1(C)CCN(c2ccc(Cl)cc2)CC1N. The maximum Gasteiger partial charge on any atom is 0.0407 e. The summed E-state index contributed by atoms with van der Waals surface area (Å²) in [4.78, 5) is 2.34. The summed E-state index contributed by atoms with van der Waals surface area (Å²) >= 11 is 5.88. The van der Waals surface area contributed by atoms with Gasteiger partial charge in [0.25, 0.3) is 0 Å². The lowest BCUT2D eigenvalue weighted by Gasteiger charge is -2.43. The molecule has 1 unspecified atom stereocenters. The Bertz CT molecular complexity index is 359. The van der Waals surface area contributed by atoms with Crippen LogP contribution in [0.5, 0.6) is 0 Å². The van der Waals surface area contributed by atoms with Crippen molar-refractivity contribution in [2.24, 2.45) is 11.1 Å². The molecule has 1 aromatic carbocycles. The van der Waals surface area contributed by atoms with Gasteiger partial charge in [0, 0.05) is 29.8 Å². The molecule has 0 radical (unpaired) electrons. The van der Waals surface area contributed by atoms with E-state index in [1.807, 2.05) is 12.1 Å². The Morgan fingerprint density at radius 3 is 2.50 bits per heavy atom. The van der Waals surface area contributed by atoms with Crippen molar-refractivity contribution in [1.29, 1.82) is 0 Å². The lowest BCUT2D eigenvalue weighted by atomic mass is 9.78. The van der Waals surface area contributed by atoms with Crippen molar-refractivity contribution in [3.63, 3.8) is 0 Å². The van der Waals surface area contributed by atoms with Crippen LogP contribution in [0.25, 0.3) is 0 Å². The van der Waals surface area contributed by atoms with Crippen molar-refractivity contribution >= 4 is 17.3 Å². The van der Waals surface area contributed by atoms with Crippen LogP contribution < -0.4 is 10.6 Å². The van der Waals surface area contributed by atoms with Gasteiger partial charge in [0.05, 0.1) is 0 Å². The average molecular weight is 239 g/mol. The molecule has 1 aliphatic heterocycles. The highest BCUT2D eigenvalue weighted by molar-refractivity contribution is 6.30. The molecule has 0 aromatic heterocycles. The monoisotopic (exact) mass is 238 g/mol. The fourth-order valence-electron chi connectivity index (χ4n) is 2.07. The highest BCUT2D eigenvalue weighted by Gasteiger charge is 2.32. The molecule has 0 spiro atoms. The Morgan fingerprint density at radius 2 is 1.94 bits per heavy atom. The second kappa shape index (κ2) is 4.27. The van der Waals surface area contributed by atoms with Crippen molar-refractivity contribution in [2.45, 2.75) is 26.3 Å². The van der Waals surface area contributed by atoms with Gasteiger partial charge >= 0.3 is 0 Å². The van der Waals surface area contributed by atoms with E-state index in [0.29, 0.717) is 0 Å². The number of benzene rings is 1. The van der Waals surface area contributed by atoms with Crippen LogP contribution in [0.1, 0.15) is 20.3 Å². The molecule has 1 aromatic rings. The maximum absolute atomic E-state index is 6.20. The van der Waals surface area contributed by atoms with Gasteiger partial charge in [-0.05, 0) is 36.1 Å². The van der Waals surface area contributed by atoms with Crippen molar-refractivity contribution in [2.75, 3.05) is 18.0 Å². The van der Waals surface area contributed by atoms with Gasteiger partial charge < -0.3 is 10.6 Å². The standard InChI is InChI=1S/C13H19ClN2/c1-13(2)7-8-16(9-12(13)15)11-5-3-10(14)4-6-11/h3-6,12H,7-9,15H2,1-2H3. The Morgan fingerprint density at radius 1 is 1.31 bits per heavy atom. The van der Waals surface area contributed by atoms with Crippen LogP contribution in [0.2, 0.25) is 5.02 Å². The summed E-state index contributed by atoms with van der Waals surface area (Å²) in [6.45, 7) is 6.49. The molecular weight excluding hydrogens is 220 g/mol. The van der Waals surface area contributed by atoms with E-state index in [-0.39, 0.29) is 11.5 Å². The molecule has 2 nitrogen and oxygen atoms in total. The van der Waals surface area contributed by atoms with Gasteiger partial charge in [0.2, 0.25) is 0 Å². The summed E-state index contributed by atoms with van der Waals surface area (Å²) in [6, 6.07) is 8.22. The third-order valence-electron chi connectivity index (χ3n) is 3.64. The smallest absolute Gasteiger partial charge is 0.0407 e. The predicted octanol–water partition coefficient (Wildman–Crippen LogP) is 2.90. The molecule has 1 atom stereocenters. The molecule has 3 heteroatoms. The van der Waals surface area contributed by atoms with Crippen molar-refractivity contribution in [3.05, 3.63) is 29.3 Å². The minimum atomic E-state index is 0.233. The Labute approximate surface area is 102 Å². The van der Waals surface area contributed by atoms with E-state index in [0.717, 1.165) is 24.5 Å². The molecule has 1 fully saturated rings. The Balaban J connectivity index is 2.10. The van der Waals surface area contributed by atoms with E-state index >= 15 is 0 Å². The molecule has 16 heavy (non-hydrogen) atoms. The van der Waals surface area contributed by atoms with Gasteiger partial charge in [-0.25, -0.2) is 0 Å². The Hall–Kier alpha value is -0.730. The largest absolute Gasteiger partial charge is 0.370 e. The zero-order valence-electron chi connectivity index (χ0n) is 9.91. The van der Waals surface area contributed by atoms with Gasteiger partial charge in [-0.2, -0.15) is 0 Å². The number of anilines is 1. The summed E-state index contributed by atoms with van der Waals surface area (Å²) < 4.78 is 0. The van der Waals surface area contributed by atoms with Gasteiger partial charge in [0.15, 0.2) is 0 Å². The fourth-order valence-corrected chi connectivity index (χ4v) is 2.20. The van der Waals surface area contributed by atoms with Crippen molar-refractivity contribution in [1.82, 2.24) is 0 Å². The number of halogens is 1. The molecule has 0 saturated carbocycles. The first-order chi connectivity index (χ1) is 7.49. The van der Waals surface area contributed by atoms with Crippen LogP contribution in [0.3, 0.4) is 0 Å². The lowest BCUT2D eigenvalue weighted by molar-refractivity contribution is 0.236. The quantitative estimate of drug-likeness (QED) is 0.815. The molecule has 0 amide bonds. The predicted molar refractivity (Wildman–Crippen MR) is 70.0 cm³/mol. The minimum absolute atomic E-state index is 0.233. The zero-order chi connectivity index (χ0) is 11.8. The summed E-state index contributed by atoms with van der Waals surface area (Å²) in [5, 5.41) is 0.783. The second-order valence-corrected chi connectivity index (χ2v) is 5.70. The second-order valence-electron chi connectivity index (χ2n) is 5.27. The topological polar surface area (TPSA) is 29.3 Å². The third-order valence-corrected chi connectivity index (χ3v) is 3.89. The van der Waals surface area contributed by atoms with E-state index < -0.39 is 0 Å². The number of hydrogen-bond donors (Lipinski definition) is 1. The summed E-state index contributed by atoms with van der Waals surface area (Å²) in [7, 11) is 0. The van der Waals surface area contributed by atoms with Gasteiger partial charge in [-0.3, -0.25) is 0 Å². The van der Waals surface area contributed by atoms with Gasteiger partial charge in [-0.1, -0.05) is 25.4 Å². The van der Waals surface area contributed by atoms with Crippen molar-refractivity contribution in [3.8, 4) is 0 Å². The average Bonchev–Trinajstić information content (AvgIpc) is 2.24. The zero-order valence-corrected chi connectivity index (χ0v) is 10.7. The van der Waals surface area contributed by atoms with Crippen LogP contribution >= 0.6 is 11.6 Å². The first-order valence-corrected chi connectivity index (χ1v) is 6.13. The molecule has 0 aliphatic carbocycles. The molecule has 0 bridgehead atoms. The van der Waals surface area contributed by atoms with Crippen LogP contribution in [0, 0.1) is 5.41 Å². The van der Waals surface area contributed by atoms with Crippen molar-refractivity contribution < 1.29 is 0 Å². The maximum atomic E-state index is 6.20. The summed E-state index contributed by atoms with van der Waals surface area (Å²) in [5.41, 5.74) is 7.67. The Kier molecular flexibility index (Phi) is 3.13. The first kappa shape index (κ1) is 11.7. The van der Waals surface area contributed by atoms with Gasteiger partial charge in [0.1, 0.15) is 0 Å². The fraction of sp³-hybridized carbons (Fsp3) is 0.538. The third kappa shape index (κ3) is 2.33. The minimum Gasteiger partial charge on any atom is -0.370 e. The number of rotatable bonds is 1. The molecule has 2 rings (SSSR count). The summed E-state index contributed by atoms with van der Waals surface area (Å²) in [6.07, 6.45) is 1.14. The molecule has 1 saturated heterocycles. The highest BCUT2D eigenvalue weighted by Crippen LogP contribution is 2.31. The summed E-state index contributed by atoms with van der Waals surface area (Å²) in [5.74, 6) is 0. The van der Waals surface area contributed by atoms with E-state index in [1.165, 1.54) is 5.69 Å². The van der Waals surface area contributed by atoms with Crippen LogP contribution in [0.15, 0.2) is 24.3 Å². The molecule has 1 heterocycles. The lowest BCUT2D eigenvalue weighted by Crippen LogP contribution is -2.52. The number of piperidine rings is 1. The first-order valence-electron chi connectivity index (χ1n) is 5.75. The normalized spacial score (nSPS) is 24.5. The number of hydrogen-bond acceptors (Lipinski definition) is 2. The number of nitrogens with two attached hydrogens (primary N) is 1. The van der Waals surface area contributed by atoms with E-state index in [2.05, 4.69) is 30.9 Å². The number of nitrogens with zero attached hydrogens (tertiary/aromatic N) is 1. The molecule has 1 aliphatic rings. The molecule has 88 valence electrons. The molecule has 2 N–H and O–H groups in total. The molecular formula is C13H19ClN2.